The molecule has 2 amide bonds. The normalized spacial score (nSPS) is 19.7. The van der Waals surface area contributed by atoms with Crippen LogP contribution in [0.3, 0.4) is 0 Å². The molecule has 3 N–H and O–H groups in total. The van der Waals surface area contributed by atoms with Crippen molar-refractivity contribution >= 4 is 29.5 Å². The second-order valence-corrected chi connectivity index (χ2v) is 10.6. The van der Waals surface area contributed by atoms with Gasteiger partial charge in [-0.25, -0.2) is 0 Å². The molecular weight excluding hydrogens is 500 g/mol. The van der Waals surface area contributed by atoms with Crippen molar-refractivity contribution in [2.75, 3.05) is 19.0 Å². The van der Waals surface area contributed by atoms with Crippen molar-refractivity contribution in [2.45, 2.75) is 56.4 Å². The first-order valence-electron chi connectivity index (χ1n) is 13.2. The van der Waals surface area contributed by atoms with Crippen molar-refractivity contribution in [3.05, 3.63) is 83.9 Å². The van der Waals surface area contributed by atoms with Gasteiger partial charge in [0.15, 0.2) is 0 Å². The summed E-state index contributed by atoms with van der Waals surface area (Å²) in [6.07, 6.45) is 6.49. The van der Waals surface area contributed by atoms with Crippen LogP contribution in [-0.2, 0) is 31.3 Å². The molecule has 0 aromatic heterocycles. The molecule has 8 heteroatoms. The van der Waals surface area contributed by atoms with Crippen LogP contribution in [0.1, 0.15) is 43.2 Å². The molecule has 3 rings (SSSR count). The highest BCUT2D eigenvalue weighted by molar-refractivity contribution is 7.98. The number of cyclic esters (lactones) is 1. The quantitative estimate of drug-likeness (QED) is 0.314. The number of carbonyl (C=O) groups is 3. The Labute approximate surface area is 229 Å². The fourth-order valence-corrected chi connectivity index (χ4v) is 5.22. The number of amides is 2. The van der Waals surface area contributed by atoms with Crippen molar-refractivity contribution in [2.24, 2.45) is 5.92 Å². The maximum atomic E-state index is 13.3. The standard InChI is InChI=1S/C30H38N2O5S/c33-19-26(17-23-11-5-3-6-12-23)31-28(34)18-25-15-9-1-2-10-16-29(35)37-20-27(32-30(25)36)22-38-21-24-13-7-4-8-14-24/h1,3-9,11-14,25-27,33H,2,10,15-22H2,(H,31,34)(H,32,36). The first-order chi connectivity index (χ1) is 18.5. The van der Waals surface area contributed by atoms with E-state index in [0.717, 1.165) is 11.3 Å². The number of carbonyl (C=O) groups excluding carboxylic acids is 3. The molecule has 0 fully saturated rings. The number of rotatable bonds is 10. The van der Waals surface area contributed by atoms with E-state index in [1.165, 1.54) is 5.56 Å². The second-order valence-electron chi connectivity index (χ2n) is 9.53. The molecule has 3 atom stereocenters. The van der Waals surface area contributed by atoms with Gasteiger partial charge in [0.05, 0.1) is 24.6 Å². The van der Waals surface area contributed by atoms with E-state index >= 15 is 0 Å². The fourth-order valence-electron chi connectivity index (χ4n) is 4.21. The predicted octanol–water partition coefficient (Wildman–Crippen LogP) is 3.80. The Hall–Kier alpha value is -3.10. The Balaban J connectivity index is 1.61. The molecule has 0 saturated carbocycles. The summed E-state index contributed by atoms with van der Waals surface area (Å²) in [5.41, 5.74) is 2.19. The summed E-state index contributed by atoms with van der Waals surface area (Å²) in [5, 5.41) is 15.7. The zero-order chi connectivity index (χ0) is 27.0. The minimum Gasteiger partial charge on any atom is -0.463 e. The molecule has 1 heterocycles. The Morgan fingerprint density at radius 3 is 2.47 bits per heavy atom. The van der Waals surface area contributed by atoms with Gasteiger partial charge in [0.1, 0.15) is 6.61 Å². The van der Waals surface area contributed by atoms with Crippen LogP contribution in [0, 0.1) is 5.92 Å². The third-order valence-electron chi connectivity index (χ3n) is 6.27. The van der Waals surface area contributed by atoms with Gasteiger partial charge in [0.2, 0.25) is 11.8 Å². The van der Waals surface area contributed by atoms with Gasteiger partial charge in [-0.2, -0.15) is 11.8 Å². The van der Waals surface area contributed by atoms with Crippen LogP contribution in [0.5, 0.6) is 0 Å². The molecule has 1 aliphatic heterocycles. The van der Waals surface area contributed by atoms with Crippen molar-refractivity contribution in [1.82, 2.24) is 10.6 Å². The number of hydrogen-bond acceptors (Lipinski definition) is 6. The highest BCUT2D eigenvalue weighted by atomic mass is 32.2. The number of ether oxygens (including phenoxy) is 1. The van der Waals surface area contributed by atoms with Gasteiger partial charge in [-0.05, 0) is 36.8 Å². The van der Waals surface area contributed by atoms with Gasteiger partial charge < -0.3 is 20.5 Å². The number of aliphatic hydroxyl groups excluding tert-OH is 1. The monoisotopic (exact) mass is 538 g/mol. The summed E-state index contributed by atoms with van der Waals surface area (Å²) < 4.78 is 5.46. The van der Waals surface area contributed by atoms with Gasteiger partial charge in [0, 0.05) is 24.3 Å². The van der Waals surface area contributed by atoms with Crippen molar-refractivity contribution in [3.63, 3.8) is 0 Å². The molecular formula is C30H38N2O5S. The Morgan fingerprint density at radius 2 is 1.76 bits per heavy atom. The molecule has 204 valence electrons. The lowest BCUT2D eigenvalue weighted by atomic mass is 9.98. The van der Waals surface area contributed by atoms with E-state index in [0.29, 0.717) is 37.9 Å². The van der Waals surface area contributed by atoms with E-state index in [4.69, 9.17) is 4.74 Å². The number of aliphatic hydroxyl groups is 1. The van der Waals surface area contributed by atoms with Gasteiger partial charge in [-0.1, -0.05) is 72.8 Å². The molecule has 2 aromatic carbocycles. The minimum absolute atomic E-state index is 0.00509. The highest BCUT2D eigenvalue weighted by Gasteiger charge is 2.25. The number of allylic oxidation sites excluding steroid dienone is 2. The molecule has 0 bridgehead atoms. The molecule has 0 radical (unpaired) electrons. The number of thioether (sulfide) groups is 1. The van der Waals surface area contributed by atoms with Crippen LogP contribution in [0.2, 0.25) is 0 Å². The van der Waals surface area contributed by atoms with Crippen LogP contribution in [0.25, 0.3) is 0 Å². The summed E-state index contributed by atoms with van der Waals surface area (Å²) in [6, 6.07) is 18.9. The predicted molar refractivity (Wildman–Crippen MR) is 150 cm³/mol. The van der Waals surface area contributed by atoms with Crippen LogP contribution in [0.15, 0.2) is 72.8 Å². The average Bonchev–Trinajstić information content (AvgIpc) is 2.94. The van der Waals surface area contributed by atoms with Crippen molar-refractivity contribution < 1.29 is 24.2 Å². The molecule has 3 unspecified atom stereocenters. The Kier molecular flexibility index (Phi) is 12.9. The van der Waals surface area contributed by atoms with Gasteiger partial charge in [-0.15, -0.1) is 0 Å². The van der Waals surface area contributed by atoms with E-state index in [1.807, 2.05) is 60.7 Å². The minimum atomic E-state index is -0.569. The van der Waals surface area contributed by atoms with Crippen LogP contribution in [-0.4, -0.2) is 53.9 Å². The largest absolute Gasteiger partial charge is 0.463 e. The number of hydrogen-bond donors (Lipinski definition) is 3. The first kappa shape index (κ1) is 29.5. The molecule has 0 saturated heterocycles. The molecule has 0 spiro atoms. The molecule has 7 nitrogen and oxygen atoms in total. The van der Waals surface area contributed by atoms with Gasteiger partial charge in [0.25, 0.3) is 0 Å². The lowest BCUT2D eigenvalue weighted by molar-refractivity contribution is -0.145. The molecule has 1 aliphatic rings. The molecule has 0 aliphatic carbocycles. The maximum Gasteiger partial charge on any atom is 0.305 e. The highest BCUT2D eigenvalue weighted by Crippen LogP contribution is 2.17. The van der Waals surface area contributed by atoms with Crippen LogP contribution >= 0.6 is 11.8 Å². The topological polar surface area (TPSA) is 105 Å². The zero-order valence-electron chi connectivity index (χ0n) is 21.7. The number of nitrogens with one attached hydrogen (secondary N) is 2. The van der Waals surface area contributed by atoms with E-state index in [1.54, 1.807) is 11.8 Å². The van der Waals surface area contributed by atoms with E-state index in [-0.39, 0.29) is 43.5 Å². The van der Waals surface area contributed by atoms with Gasteiger partial charge in [-0.3, -0.25) is 14.4 Å². The van der Waals surface area contributed by atoms with E-state index < -0.39 is 12.0 Å². The number of benzene rings is 2. The van der Waals surface area contributed by atoms with Crippen LogP contribution < -0.4 is 10.6 Å². The van der Waals surface area contributed by atoms with Gasteiger partial charge >= 0.3 is 5.97 Å². The Morgan fingerprint density at radius 1 is 1.05 bits per heavy atom. The third-order valence-corrected chi connectivity index (χ3v) is 7.45. The lowest BCUT2D eigenvalue weighted by Gasteiger charge is -2.23. The second kappa shape index (κ2) is 16.7. The lowest BCUT2D eigenvalue weighted by Crippen LogP contribution is -2.45. The summed E-state index contributed by atoms with van der Waals surface area (Å²) in [6.45, 7) is -0.0914. The Bertz CT molecular complexity index is 1030. The van der Waals surface area contributed by atoms with Crippen molar-refractivity contribution in [3.8, 4) is 0 Å². The summed E-state index contributed by atoms with van der Waals surface area (Å²) in [5.74, 6) is -0.00510. The summed E-state index contributed by atoms with van der Waals surface area (Å²) in [4.78, 5) is 38.3. The number of esters is 1. The zero-order valence-corrected chi connectivity index (χ0v) is 22.5. The van der Waals surface area contributed by atoms with Crippen LogP contribution in [0.4, 0.5) is 0 Å². The molecule has 2 aromatic rings. The summed E-state index contributed by atoms with van der Waals surface area (Å²) in [7, 11) is 0. The maximum absolute atomic E-state index is 13.3. The first-order valence-corrected chi connectivity index (χ1v) is 14.4. The fraction of sp³-hybridized carbons (Fsp3) is 0.433. The van der Waals surface area contributed by atoms with E-state index in [2.05, 4.69) is 22.8 Å². The SMILES string of the molecule is O=C(CC1CC=CCCCC(=O)OCC(CSCc2ccccc2)NC1=O)NC(CO)Cc1ccccc1. The smallest absolute Gasteiger partial charge is 0.305 e. The third kappa shape index (κ3) is 11.1. The summed E-state index contributed by atoms with van der Waals surface area (Å²) >= 11 is 1.66. The van der Waals surface area contributed by atoms with E-state index in [9.17, 15) is 19.5 Å². The average molecular weight is 539 g/mol. The molecule has 38 heavy (non-hydrogen) atoms. The van der Waals surface area contributed by atoms with Crippen molar-refractivity contribution in [1.29, 1.82) is 0 Å².